The zero-order chi connectivity index (χ0) is 15.1. The predicted molar refractivity (Wildman–Crippen MR) is 74.8 cm³/mol. The molecule has 2 atom stereocenters. The molecule has 0 aromatic carbocycles. The number of ether oxygens (including phenoxy) is 1. The lowest BCUT2D eigenvalue weighted by molar-refractivity contribution is 0.0503. The first-order chi connectivity index (χ1) is 8.65. The third-order valence-corrected chi connectivity index (χ3v) is 2.31. The van der Waals surface area contributed by atoms with E-state index in [0.29, 0.717) is 6.54 Å². The van der Waals surface area contributed by atoms with Crippen molar-refractivity contribution in [2.24, 2.45) is 0 Å². The van der Waals surface area contributed by atoms with Crippen molar-refractivity contribution in [1.82, 2.24) is 15.5 Å². The fourth-order valence-corrected chi connectivity index (χ4v) is 1.35. The number of likely N-dealkylation sites (N-methyl/N-ethyl adjacent to an activating group) is 1. The Morgan fingerprint density at radius 2 is 2.00 bits per heavy atom. The van der Waals surface area contributed by atoms with Gasteiger partial charge in [0.1, 0.15) is 11.6 Å². The van der Waals surface area contributed by atoms with Crippen molar-refractivity contribution in [1.29, 1.82) is 5.26 Å². The predicted octanol–water partition coefficient (Wildman–Crippen LogP) is 0.943. The van der Waals surface area contributed by atoms with Gasteiger partial charge in [0.15, 0.2) is 0 Å². The molecule has 0 aliphatic heterocycles. The molecule has 0 saturated carbocycles. The van der Waals surface area contributed by atoms with Crippen molar-refractivity contribution in [3.05, 3.63) is 0 Å². The van der Waals surface area contributed by atoms with Crippen molar-refractivity contribution >= 4 is 6.09 Å². The molecule has 0 bridgehead atoms. The average molecular weight is 270 g/mol. The molecular formula is C13H26N4O2. The number of nitriles is 1. The van der Waals surface area contributed by atoms with E-state index in [2.05, 4.69) is 16.7 Å². The Morgan fingerprint density at radius 1 is 1.42 bits per heavy atom. The number of rotatable bonds is 6. The quantitative estimate of drug-likeness (QED) is 0.751. The SMILES string of the molecule is CC(NC(=O)OC(C)(C)C)C(C#N)NCCN(C)C. The monoisotopic (exact) mass is 270 g/mol. The molecule has 0 aromatic heterocycles. The van der Waals surface area contributed by atoms with Crippen LogP contribution in [-0.2, 0) is 4.74 Å². The third-order valence-electron chi connectivity index (χ3n) is 2.31. The summed E-state index contributed by atoms with van der Waals surface area (Å²) >= 11 is 0. The molecular weight excluding hydrogens is 244 g/mol. The molecule has 1 amide bonds. The van der Waals surface area contributed by atoms with Gasteiger partial charge in [-0.3, -0.25) is 5.32 Å². The van der Waals surface area contributed by atoms with E-state index in [4.69, 9.17) is 10.00 Å². The number of hydrogen-bond acceptors (Lipinski definition) is 5. The Labute approximate surface area is 116 Å². The Morgan fingerprint density at radius 3 is 2.42 bits per heavy atom. The van der Waals surface area contributed by atoms with Crippen LogP contribution in [0.4, 0.5) is 4.79 Å². The summed E-state index contributed by atoms with van der Waals surface area (Å²) in [6, 6.07) is 1.39. The van der Waals surface area contributed by atoms with E-state index in [9.17, 15) is 4.79 Å². The van der Waals surface area contributed by atoms with E-state index in [1.165, 1.54) is 0 Å². The minimum Gasteiger partial charge on any atom is -0.444 e. The first kappa shape index (κ1) is 17.7. The van der Waals surface area contributed by atoms with Crippen LogP contribution in [0.3, 0.4) is 0 Å². The zero-order valence-electron chi connectivity index (χ0n) is 12.8. The standard InChI is InChI=1S/C13H26N4O2/c1-10(16-12(18)19-13(2,3)4)11(9-14)15-7-8-17(5)6/h10-11,15H,7-8H2,1-6H3,(H,16,18). The fourth-order valence-electron chi connectivity index (χ4n) is 1.35. The number of hydrogen-bond donors (Lipinski definition) is 2. The van der Waals surface area contributed by atoms with Gasteiger partial charge in [0.05, 0.1) is 12.1 Å². The van der Waals surface area contributed by atoms with Gasteiger partial charge in [-0.25, -0.2) is 4.79 Å². The van der Waals surface area contributed by atoms with E-state index in [1.807, 2.05) is 19.0 Å². The van der Waals surface area contributed by atoms with Gasteiger partial charge in [0.25, 0.3) is 0 Å². The summed E-state index contributed by atoms with van der Waals surface area (Å²) in [5.74, 6) is 0. The Balaban J connectivity index is 4.18. The summed E-state index contributed by atoms with van der Waals surface area (Å²) in [4.78, 5) is 13.6. The summed E-state index contributed by atoms with van der Waals surface area (Å²) in [6.07, 6.45) is -0.505. The second kappa shape index (κ2) is 7.97. The highest BCUT2D eigenvalue weighted by atomic mass is 16.6. The van der Waals surface area contributed by atoms with Crippen LogP contribution in [0.1, 0.15) is 27.7 Å². The summed E-state index contributed by atoms with van der Waals surface area (Å²) in [7, 11) is 3.93. The van der Waals surface area contributed by atoms with Crippen molar-refractivity contribution in [2.75, 3.05) is 27.2 Å². The van der Waals surface area contributed by atoms with Crippen LogP contribution in [-0.4, -0.2) is 55.9 Å². The molecule has 0 fully saturated rings. The lowest BCUT2D eigenvalue weighted by Crippen LogP contribution is -2.49. The number of amides is 1. The van der Waals surface area contributed by atoms with E-state index < -0.39 is 17.7 Å². The normalized spacial score (nSPS) is 14.6. The lowest BCUT2D eigenvalue weighted by atomic mass is 10.1. The summed E-state index contributed by atoms with van der Waals surface area (Å²) in [5.41, 5.74) is -0.537. The first-order valence-corrected chi connectivity index (χ1v) is 6.43. The van der Waals surface area contributed by atoms with Gasteiger partial charge in [-0.2, -0.15) is 5.26 Å². The van der Waals surface area contributed by atoms with Crippen LogP contribution in [0, 0.1) is 11.3 Å². The second-order valence-electron chi connectivity index (χ2n) is 5.80. The highest BCUT2D eigenvalue weighted by molar-refractivity contribution is 5.68. The molecule has 0 saturated heterocycles. The van der Waals surface area contributed by atoms with Crippen LogP contribution < -0.4 is 10.6 Å². The van der Waals surface area contributed by atoms with Gasteiger partial charge in [0, 0.05) is 13.1 Å². The molecule has 0 aliphatic rings. The van der Waals surface area contributed by atoms with Gasteiger partial charge in [0.2, 0.25) is 0 Å². The number of nitrogens with zero attached hydrogens (tertiary/aromatic N) is 2. The highest BCUT2D eigenvalue weighted by Crippen LogP contribution is 2.07. The smallest absolute Gasteiger partial charge is 0.407 e. The topological polar surface area (TPSA) is 77.4 Å². The molecule has 19 heavy (non-hydrogen) atoms. The minimum atomic E-state index is -0.537. The van der Waals surface area contributed by atoms with Crippen molar-refractivity contribution in [3.63, 3.8) is 0 Å². The van der Waals surface area contributed by atoms with Crippen LogP contribution in [0.15, 0.2) is 0 Å². The lowest BCUT2D eigenvalue weighted by Gasteiger charge is -2.24. The maximum Gasteiger partial charge on any atom is 0.407 e. The Bertz CT molecular complexity index is 318. The van der Waals surface area contributed by atoms with Gasteiger partial charge in [-0.05, 0) is 41.8 Å². The molecule has 2 unspecified atom stereocenters. The molecule has 110 valence electrons. The van der Waals surface area contributed by atoms with E-state index in [0.717, 1.165) is 6.54 Å². The molecule has 6 nitrogen and oxygen atoms in total. The first-order valence-electron chi connectivity index (χ1n) is 6.43. The molecule has 0 rings (SSSR count). The van der Waals surface area contributed by atoms with E-state index in [1.54, 1.807) is 27.7 Å². The van der Waals surface area contributed by atoms with Crippen LogP contribution in [0.2, 0.25) is 0 Å². The minimum absolute atomic E-state index is 0.318. The largest absolute Gasteiger partial charge is 0.444 e. The molecule has 6 heteroatoms. The van der Waals surface area contributed by atoms with Crippen LogP contribution >= 0.6 is 0 Å². The summed E-state index contributed by atoms with van der Waals surface area (Å²) in [5, 5.41) is 14.9. The third kappa shape index (κ3) is 9.28. The van der Waals surface area contributed by atoms with Crippen molar-refractivity contribution in [3.8, 4) is 6.07 Å². The molecule has 0 radical (unpaired) electrons. The maximum absolute atomic E-state index is 11.6. The van der Waals surface area contributed by atoms with Crippen molar-refractivity contribution in [2.45, 2.75) is 45.4 Å². The molecule has 0 aromatic rings. The number of carbonyl (C=O) groups is 1. The molecule has 0 spiro atoms. The number of nitrogens with one attached hydrogen (secondary N) is 2. The zero-order valence-corrected chi connectivity index (χ0v) is 12.8. The van der Waals surface area contributed by atoms with Gasteiger partial charge >= 0.3 is 6.09 Å². The van der Waals surface area contributed by atoms with Crippen LogP contribution in [0.25, 0.3) is 0 Å². The highest BCUT2D eigenvalue weighted by Gasteiger charge is 2.22. The van der Waals surface area contributed by atoms with Gasteiger partial charge in [-0.15, -0.1) is 0 Å². The average Bonchev–Trinajstić information content (AvgIpc) is 2.20. The van der Waals surface area contributed by atoms with Crippen molar-refractivity contribution < 1.29 is 9.53 Å². The Kier molecular flexibility index (Phi) is 7.42. The second-order valence-corrected chi connectivity index (χ2v) is 5.80. The molecule has 0 aliphatic carbocycles. The van der Waals surface area contributed by atoms with Gasteiger partial charge < -0.3 is 15.0 Å². The summed E-state index contributed by atoms with van der Waals surface area (Å²) in [6.45, 7) is 8.69. The molecule has 2 N–H and O–H groups in total. The Hall–Kier alpha value is -1.32. The number of alkyl carbamates (subject to hydrolysis) is 1. The van der Waals surface area contributed by atoms with E-state index in [-0.39, 0.29) is 6.04 Å². The maximum atomic E-state index is 11.6. The summed E-state index contributed by atoms with van der Waals surface area (Å²) < 4.78 is 5.15. The van der Waals surface area contributed by atoms with Crippen LogP contribution in [0.5, 0.6) is 0 Å². The van der Waals surface area contributed by atoms with Gasteiger partial charge in [-0.1, -0.05) is 0 Å². The van der Waals surface area contributed by atoms with E-state index >= 15 is 0 Å². The fraction of sp³-hybridized carbons (Fsp3) is 0.846. The number of carbonyl (C=O) groups excluding carboxylic acids is 1. The molecule has 0 heterocycles.